The van der Waals surface area contributed by atoms with Crippen molar-refractivity contribution < 1.29 is 13.2 Å². The zero-order chi connectivity index (χ0) is 15.1. The molecule has 1 saturated heterocycles. The van der Waals surface area contributed by atoms with Crippen molar-refractivity contribution in [3.8, 4) is 0 Å². The zero-order valence-corrected chi connectivity index (χ0v) is 12.9. The maximum Gasteiger partial charge on any atom is 0.208 e. The number of rotatable bonds is 4. The SMILES string of the molecule is CC(C)[C@@]1(c2ccccc2)O[C@@H]1S(=O)(=O)c1ccccc1. The molecule has 0 bridgehead atoms. The van der Waals surface area contributed by atoms with Gasteiger partial charge in [0.1, 0.15) is 5.60 Å². The first-order valence-corrected chi connectivity index (χ1v) is 8.56. The van der Waals surface area contributed by atoms with Gasteiger partial charge in [-0.3, -0.25) is 0 Å². The molecule has 4 heteroatoms. The highest BCUT2D eigenvalue weighted by molar-refractivity contribution is 7.92. The van der Waals surface area contributed by atoms with E-state index in [1.165, 1.54) is 0 Å². The maximum absolute atomic E-state index is 12.8. The smallest absolute Gasteiger partial charge is 0.208 e. The topological polar surface area (TPSA) is 46.7 Å². The Morgan fingerprint density at radius 3 is 2.00 bits per heavy atom. The summed E-state index contributed by atoms with van der Waals surface area (Å²) in [7, 11) is -3.49. The van der Waals surface area contributed by atoms with E-state index in [4.69, 9.17) is 4.74 Å². The molecule has 1 heterocycles. The largest absolute Gasteiger partial charge is 0.343 e. The van der Waals surface area contributed by atoms with Gasteiger partial charge >= 0.3 is 0 Å². The summed E-state index contributed by atoms with van der Waals surface area (Å²) in [5, 5.41) is 0. The third kappa shape index (κ3) is 2.19. The number of epoxide rings is 1. The van der Waals surface area contributed by atoms with Crippen molar-refractivity contribution in [2.24, 2.45) is 5.92 Å². The number of sulfone groups is 1. The molecule has 1 aliphatic rings. The Hall–Kier alpha value is -1.65. The minimum atomic E-state index is -3.49. The second-order valence-corrected chi connectivity index (χ2v) is 7.61. The van der Waals surface area contributed by atoms with Gasteiger partial charge in [-0.05, 0) is 23.6 Å². The van der Waals surface area contributed by atoms with Crippen molar-refractivity contribution in [1.82, 2.24) is 0 Å². The Bertz CT molecular complexity index is 723. The van der Waals surface area contributed by atoms with Crippen LogP contribution >= 0.6 is 0 Å². The van der Waals surface area contributed by atoms with Crippen LogP contribution in [-0.4, -0.2) is 13.9 Å². The van der Waals surface area contributed by atoms with Crippen LogP contribution in [0.3, 0.4) is 0 Å². The summed E-state index contributed by atoms with van der Waals surface area (Å²) in [4.78, 5) is 0.313. The van der Waals surface area contributed by atoms with Crippen LogP contribution < -0.4 is 0 Å². The summed E-state index contributed by atoms with van der Waals surface area (Å²) >= 11 is 0. The van der Waals surface area contributed by atoms with Crippen molar-refractivity contribution >= 4 is 9.84 Å². The lowest BCUT2D eigenvalue weighted by molar-refractivity contribution is 0.241. The highest BCUT2D eigenvalue weighted by atomic mass is 32.2. The molecule has 2 aromatic rings. The van der Waals surface area contributed by atoms with Crippen LogP contribution in [0.15, 0.2) is 65.6 Å². The third-order valence-corrected chi connectivity index (χ3v) is 5.97. The molecule has 0 radical (unpaired) electrons. The van der Waals surface area contributed by atoms with E-state index in [1.54, 1.807) is 30.3 Å². The molecule has 0 aliphatic carbocycles. The van der Waals surface area contributed by atoms with E-state index < -0.39 is 20.9 Å². The Morgan fingerprint density at radius 1 is 0.952 bits per heavy atom. The molecule has 1 fully saturated rings. The highest BCUT2D eigenvalue weighted by Gasteiger charge is 2.66. The van der Waals surface area contributed by atoms with Crippen molar-refractivity contribution in [3.05, 3.63) is 66.2 Å². The second-order valence-electron chi connectivity index (χ2n) is 5.62. The molecule has 0 unspecified atom stereocenters. The normalized spacial score (nSPS) is 25.0. The molecule has 21 heavy (non-hydrogen) atoms. The molecule has 0 spiro atoms. The fourth-order valence-electron chi connectivity index (χ4n) is 2.82. The van der Waals surface area contributed by atoms with Crippen LogP contribution in [0.1, 0.15) is 19.4 Å². The van der Waals surface area contributed by atoms with Gasteiger partial charge in [-0.25, -0.2) is 8.42 Å². The predicted molar refractivity (Wildman–Crippen MR) is 81.5 cm³/mol. The molecule has 2 aromatic carbocycles. The lowest BCUT2D eigenvalue weighted by atomic mass is 9.89. The van der Waals surface area contributed by atoms with Crippen molar-refractivity contribution in [1.29, 1.82) is 0 Å². The molecule has 0 saturated carbocycles. The van der Waals surface area contributed by atoms with Crippen molar-refractivity contribution in [2.75, 3.05) is 0 Å². The lowest BCUT2D eigenvalue weighted by Gasteiger charge is -2.17. The quantitative estimate of drug-likeness (QED) is 0.814. The van der Waals surface area contributed by atoms with E-state index in [0.29, 0.717) is 4.90 Å². The van der Waals surface area contributed by atoms with E-state index >= 15 is 0 Å². The van der Waals surface area contributed by atoms with Gasteiger partial charge < -0.3 is 4.74 Å². The summed E-state index contributed by atoms with van der Waals surface area (Å²) < 4.78 is 31.3. The van der Waals surface area contributed by atoms with Crippen LogP contribution in [0, 0.1) is 5.92 Å². The molecular formula is C17H18O3S. The summed E-state index contributed by atoms with van der Waals surface area (Å²) in [6, 6.07) is 18.1. The van der Waals surface area contributed by atoms with Crippen molar-refractivity contribution in [3.63, 3.8) is 0 Å². The zero-order valence-electron chi connectivity index (χ0n) is 12.1. The van der Waals surface area contributed by atoms with Crippen LogP contribution in [0.4, 0.5) is 0 Å². The van der Waals surface area contributed by atoms with Crippen LogP contribution in [0.2, 0.25) is 0 Å². The van der Waals surface area contributed by atoms with Gasteiger partial charge in [-0.15, -0.1) is 0 Å². The van der Waals surface area contributed by atoms with Crippen LogP contribution in [-0.2, 0) is 20.2 Å². The number of ether oxygens (including phenoxy) is 1. The third-order valence-electron chi connectivity index (χ3n) is 4.03. The molecule has 110 valence electrons. The van der Waals surface area contributed by atoms with E-state index in [2.05, 4.69) is 0 Å². The van der Waals surface area contributed by atoms with E-state index in [1.807, 2.05) is 44.2 Å². The fraction of sp³-hybridized carbons (Fsp3) is 0.294. The standard InChI is InChI=1S/C17H18O3S/c1-13(2)17(14-9-5-3-6-10-14)16(20-17)21(18,19)15-11-7-4-8-12-15/h3-13,16H,1-2H3/t16-,17+/m1/s1. The van der Waals surface area contributed by atoms with Gasteiger partial charge in [0.05, 0.1) is 4.90 Å². The molecule has 0 amide bonds. The highest BCUT2D eigenvalue weighted by Crippen LogP contribution is 2.55. The summed E-state index contributed by atoms with van der Waals surface area (Å²) in [5.41, 5.74) is -0.630. The first-order valence-electron chi connectivity index (χ1n) is 7.02. The predicted octanol–water partition coefficient (Wildman–Crippen LogP) is 3.37. The first-order chi connectivity index (χ1) is 9.99. The van der Waals surface area contributed by atoms with E-state index in [0.717, 1.165) is 5.56 Å². The van der Waals surface area contributed by atoms with Gasteiger partial charge in [0.25, 0.3) is 0 Å². The van der Waals surface area contributed by atoms with Gasteiger partial charge in [-0.1, -0.05) is 62.4 Å². The van der Waals surface area contributed by atoms with Gasteiger partial charge in [-0.2, -0.15) is 0 Å². The Balaban J connectivity index is 2.03. The van der Waals surface area contributed by atoms with Crippen molar-refractivity contribution in [2.45, 2.75) is 29.8 Å². The lowest BCUT2D eigenvalue weighted by Crippen LogP contribution is -2.25. The molecule has 2 atom stereocenters. The molecule has 0 aromatic heterocycles. The average molecular weight is 302 g/mol. The fourth-order valence-corrected chi connectivity index (χ4v) is 4.75. The molecule has 3 nitrogen and oxygen atoms in total. The minimum absolute atomic E-state index is 0.0726. The first kappa shape index (κ1) is 14.3. The summed E-state index contributed by atoms with van der Waals surface area (Å²) in [6.45, 7) is 3.99. The van der Waals surface area contributed by atoms with Crippen LogP contribution in [0.5, 0.6) is 0 Å². The Morgan fingerprint density at radius 2 is 1.48 bits per heavy atom. The number of benzene rings is 2. The molecular weight excluding hydrogens is 284 g/mol. The van der Waals surface area contributed by atoms with Gasteiger partial charge in [0.15, 0.2) is 5.44 Å². The number of hydrogen-bond acceptors (Lipinski definition) is 3. The number of hydrogen-bond donors (Lipinski definition) is 0. The average Bonchev–Trinajstić information content (AvgIpc) is 3.27. The Labute approximate surface area is 125 Å². The molecule has 3 rings (SSSR count). The maximum atomic E-state index is 12.8. The minimum Gasteiger partial charge on any atom is -0.343 e. The molecule has 1 aliphatic heterocycles. The summed E-state index contributed by atoms with van der Waals surface area (Å²) in [5.74, 6) is 0.0726. The second kappa shape index (κ2) is 4.97. The van der Waals surface area contributed by atoms with E-state index in [9.17, 15) is 8.42 Å². The summed E-state index contributed by atoms with van der Waals surface area (Å²) in [6.07, 6.45) is 0. The van der Waals surface area contributed by atoms with Gasteiger partial charge in [0.2, 0.25) is 9.84 Å². The van der Waals surface area contributed by atoms with Crippen LogP contribution in [0.25, 0.3) is 0 Å². The van der Waals surface area contributed by atoms with Gasteiger partial charge in [0, 0.05) is 0 Å². The molecule has 0 N–H and O–H groups in total. The van der Waals surface area contributed by atoms with E-state index in [-0.39, 0.29) is 5.92 Å². The Kier molecular flexibility index (Phi) is 3.38. The monoisotopic (exact) mass is 302 g/mol.